The quantitative estimate of drug-likeness (QED) is 0.336. The van der Waals surface area contributed by atoms with E-state index in [2.05, 4.69) is 0 Å². The van der Waals surface area contributed by atoms with Gasteiger partial charge in [0.05, 0.1) is 17.7 Å². The predicted molar refractivity (Wildman–Crippen MR) is 125 cm³/mol. The molecule has 0 spiro atoms. The average Bonchev–Trinajstić information content (AvgIpc) is 3.04. The van der Waals surface area contributed by atoms with E-state index in [1.807, 2.05) is 63.2 Å². The first-order valence-corrected chi connectivity index (χ1v) is 10.6. The summed E-state index contributed by atoms with van der Waals surface area (Å²) in [7, 11) is 0. The third-order valence-corrected chi connectivity index (χ3v) is 5.32. The predicted octanol–water partition coefficient (Wildman–Crippen LogP) is 5.41. The second-order valence-corrected chi connectivity index (χ2v) is 8.11. The van der Waals surface area contributed by atoms with E-state index >= 15 is 0 Å². The van der Waals surface area contributed by atoms with Crippen LogP contribution in [0, 0.1) is 6.92 Å². The molecular formula is C27H25NO4. The van der Waals surface area contributed by atoms with Crippen LogP contribution in [0.15, 0.2) is 84.4 Å². The van der Waals surface area contributed by atoms with E-state index in [-0.39, 0.29) is 17.4 Å². The molecule has 0 radical (unpaired) electrons. The van der Waals surface area contributed by atoms with Gasteiger partial charge in [-0.2, -0.15) is 0 Å². The molecule has 0 bridgehead atoms. The summed E-state index contributed by atoms with van der Waals surface area (Å²) in [6, 6.07) is 22.8. The summed E-state index contributed by atoms with van der Waals surface area (Å²) in [5, 5.41) is 11.3. The first kappa shape index (κ1) is 21.4. The maximum Gasteiger partial charge on any atom is 0.300 e. The highest BCUT2D eigenvalue weighted by molar-refractivity contribution is 6.51. The Bertz CT molecular complexity index is 1200. The Morgan fingerprint density at radius 2 is 1.66 bits per heavy atom. The number of anilines is 1. The minimum atomic E-state index is -0.744. The van der Waals surface area contributed by atoms with Gasteiger partial charge in [-0.05, 0) is 50.6 Å². The fraction of sp³-hybridized carbons (Fsp3) is 0.185. The van der Waals surface area contributed by atoms with Crippen LogP contribution in [0.25, 0.3) is 5.76 Å². The third-order valence-electron chi connectivity index (χ3n) is 5.32. The Hall–Kier alpha value is -3.86. The molecule has 1 heterocycles. The molecule has 1 amide bonds. The number of carbonyl (C=O) groups excluding carboxylic acids is 2. The highest BCUT2D eigenvalue weighted by Crippen LogP contribution is 2.42. The first-order chi connectivity index (χ1) is 15.4. The number of Topliss-reactive ketones (excluding diaryl/α,β-unsaturated/α-hetero) is 1. The SMILES string of the molecule is Cc1cccc(C2/C(=C(/O)c3cccc(OC(C)C)c3)C(=O)C(=O)N2c2ccccc2)c1. The summed E-state index contributed by atoms with van der Waals surface area (Å²) >= 11 is 0. The van der Waals surface area contributed by atoms with Crippen LogP contribution in [-0.4, -0.2) is 22.9 Å². The Balaban J connectivity index is 1.91. The van der Waals surface area contributed by atoms with E-state index in [1.54, 1.807) is 36.4 Å². The number of carbonyl (C=O) groups is 2. The second-order valence-electron chi connectivity index (χ2n) is 8.11. The molecule has 1 N–H and O–H groups in total. The van der Waals surface area contributed by atoms with Gasteiger partial charge in [-0.15, -0.1) is 0 Å². The summed E-state index contributed by atoms with van der Waals surface area (Å²) in [5.74, 6) is -1.03. The molecule has 0 aliphatic carbocycles. The zero-order valence-corrected chi connectivity index (χ0v) is 18.3. The minimum absolute atomic E-state index is 0.0386. The number of aryl methyl sites for hydroxylation is 1. The largest absolute Gasteiger partial charge is 0.507 e. The Morgan fingerprint density at radius 3 is 2.34 bits per heavy atom. The van der Waals surface area contributed by atoms with Gasteiger partial charge < -0.3 is 9.84 Å². The van der Waals surface area contributed by atoms with Crippen LogP contribution in [0.5, 0.6) is 5.75 Å². The molecular weight excluding hydrogens is 402 g/mol. The fourth-order valence-corrected chi connectivity index (χ4v) is 3.99. The van der Waals surface area contributed by atoms with E-state index in [1.165, 1.54) is 4.90 Å². The second kappa shape index (κ2) is 8.71. The number of hydrogen-bond donors (Lipinski definition) is 1. The van der Waals surface area contributed by atoms with Crippen LogP contribution >= 0.6 is 0 Å². The standard InChI is InChI=1S/C27H25NO4/c1-17(2)32-22-14-8-11-20(16-22)25(29)23-24(19-10-7-9-18(3)15-19)28(27(31)26(23)30)21-12-5-4-6-13-21/h4-17,24,29H,1-3H3/b25-23-. The maximum atomic E-state index is 13.2. The van der Waals surface area contributed by atoms with Crippen LogP contribution in [0.2, 0.25) is 0 Å². The van der Waals surface area contributed by atoms with Crippen molar-refractivity contribution in [2.75, 3.05) is 4.90 Å². The molecule has 1 atom stereocenters. The molecule has 1 aliphatic heterocycles. The maximum absolute atomic E-state index is 13.2. The molecule has 1 saturated heterocycles. The van der Waals surface area contributed by atoms with Crippen LogP contribution < -0.4 is 9.64 Å². The Morgan fingerprint density at radius 1 is 0.938 bits per heavy atom. The van der Waals surface area contributed by atoms with E-state index in [4.69, 9.17) is 4.74 Å². The monoisotopic (exact) mass is 427 g/mol. The molecule has 3 aromatic carbocycles. The number of aliphatic hydroxyl groups is 1. The number of amides is 1. The highest BCUT2D eigenvalue weighted by atomic mass is 16.5. The van der Waals surface area contributed by atoms with Crippen LogP contribution in [-0.2, 0) is 9.59 Å². The van der Waals surface area contributed by atoms with Crippen molar-refractivity contribution >= 4 is 23.1 Å². The minimum Gasteiger partial charge on any atom is -0.507 e. The fourth-order valence-electron chi connectivity index (χ4n) is 3.99. The van der Waals surface area contributed by atoms with Crippen LogP contribution in [0.1, 0.15) is 36.6 Å². The summed E-state index contributed by atoms with van der Waals surface area (Å²) < 4.78 is 5.74. The van der Waals surface area contributed by atoms with Crippen molar-refractivity contribution in [3.8, 4) is 5.75 Å². The lowest BCUT2D eigenvalue weighted by Gasteiger charge is -2.25. The molecule has 0 aromatic heterocycles. The normalized spacial score (nSPS) is 17.8. The summed E-state index contributed by atoms with van der Waals surface area (Å²) in [6.07, 6.45) is -0.0386. The number of para-hydroxylation sites is 1. The van der Waals surface area contributed by atoms with Crippen molar-refractivity contribution in [1.29, 1.82) is 0 Å². The van der Waals surface area contributed by atoms with Gasteiger partial charge in [0.25, 0.3) is 11.7 Å². The lowest BCUT2D eigenvalue weighted by atomic mass is 9.94. The van der Waals surface area contributed by atoms with Gasteiger partial charge in [0.1, 0.15) is 11.5 Å². The van der Waals surface area contributed by atoms with Gasteiger partial charge in [0.2, 0.25) is 0 Å². The van der Waals surface area contributed by atoms with Crippen molar-refractivity contribution in [2.24, 2.45) is 0 Å². The lowest BCUT2D eigenvalue weighted by Crippen LogP contribution is -2.29. The van der Waals surface area contributed by atoms with Crippen LogP contribution in [0.3, 0.4) is 0 Å². The average molecular weight is 428 g/mol. The molecule has 1 aliphatic rings. The number of rotatable bonds is 5. The number of nitrogens with zero attached hydrogens (tertiary/aromatic N) is 1. The molecule has 1 unspecified atom stereocenters. The third kappa shape index (κ3) is 4.02. The number of hydrogen-bond acceptors (Lipinski definition) is 4. The Kier molecular flexibility index (Phi) is 5.82. The van der Waals surface area contributed by atoms with Gasteiger partial charge in [0.15, 0.2) is 0 Å². The zero-order valence-electron chi connectivity index (χ0n) is 18.3. The van der Waals surface area contributed by atoms with Gasteiger partial charge in [-0.1, -0.05) is 60.2 Å². The number of aliphatic hydroxyl groups excluding tert-OH is 1. The van der Waals surface area contributed by atoms with Gasteiger partial charge in [0, 0.05) is 11.3 Å². The van der Waals surface area contributed by atoms with Crippen molar-refractivity contribution in [1.82, 2.24) is 0 Å². The van der Waals surface area contributed by atoms with E-state index in [0.29, 0.717) is 17.0 Å². The van der Waals surface area contributed by atoms with Gasteiger partial charge in [-0.3, -0.25) is 14.5 Å². The van der Waals surface area contributed by atoms with E-state index in [9.17, 15) is 14.7 Å². The number of ether oxygens (including phenoxy) is 1. The van der Waals surface area contributed by atoms with E-state index < -0.39 is 17.7 Å². The zero-order chi connectivity index (χ0) is 22.8. The molecule has 0 saturated carbocycles. The molecule has 5 nitrogen and oxygen atoms in total. The summed E-state index contributed by atoms with van der Waals surface area (Å²) in [6.45, 7) is 5.77. The Labute approximate surface area is 187 Å². The molecule has 5 heteroatoms. The highest BCUT2D eigenvalue weighted by Gasteiger charge is 2.46. The molecule has 4 rings (SSSR count). The van der Waals surface area contributed by atoms with Crippen molar-refractivity contribution in [3.05, 3.63) is 101 Å². The molecule has 162 valence electrons. The lowest BCUT2D eigenvalue weighted by molar-refractivity contribution is -0.132. The molecule has 32 heavy (non-hydrogen) atoms. The van der Waals surface area contributed by atoms with Crippen LogP contribution in [0.4, 0.5) is 5.69 Å². The molecule has 1 fully saturated rings. The van der Waals surface area contributed by atoms with Gasteiger partial charge >= 0.3 is 0 Å². The van der Waals surface area contributed by atoms with Crippen molar-refractivity contribution < 1.29 is 19.4 Å². The number of benzene rings is 3. The van der Waals surface area contributed by atoms with Crippen molar-refractivity contribution in [2.45, 2.75) is 32.9 Å². The van der Waals surface area contributed by atoms with Crippen molar-refractivity contribution in [3.63, 3.8) is 0 Å². The number of ketones is 1. The van der Waals surface area contributed by atoms with Gasteiger partial charge in [-0.25, -0.2) is 0 Å². The topological polar surface area (TPSA) is 66.8 Å². The smallest absolute Gasteiger partial charge is 0.300 e. The summed E-state index contributed by atoms with van der Waals surface area (Å²) in [4.78, 5) is 27.8. The molecule has 3 aromatic rings. The van der Waals surface area contributed by atoms with E-state index in [0.717, 1.165) is 11.1 Å². The first-order valence-electron chi connectivity index (χ1n) is 10.6. The summed E-state index contributed by atoms with van der Waals surface area (Å²) in [5.41, 5.74) is 2.83.